The van der Waals surface area contributed by atoms with Crippen molar-refractivity contribution in [2.24, 2.45) is 0 Å². The molecule has 0 aliphatic rings. The van der Waals surface area contributed by atoms with E-state index in [2.05, 4.69) is 0 Å². The van der Waals surface area contributed by atoms with Crippen LogP contribution < -0.4 is 9.47 Å². The Balaban J connectivity index is 1.82. The molecular formula is C17H13FN2O3. The first-order valence-corrected chi connectivity index (χ1v) is 6.76. The van der Waals surface area contributed by atoms with Crippen LogP contribution in [0.25, 0.3) is 0 Å². The molecule has 0 heterocycles. The van der Waals surface area contributed by atoms with E-state index >= 15 is 0 Å². The van der Waals surface area contributed by atoms with Crippen molar-refractivity contribution >= 4 is 0 Å². The smallest absolute Gasteiger partial charge is 0.166 e. The zero-order valence-corrected chi connectivity index (χ0v) is 12.1. The van der Waals surface area contributed by atoms with Crippen LogP contribution in [0.1, 0.15) is 11.1 Å². The molecule has 23 heavy (non-hydrogen) atoms. The summed E-state index contributed by atoms with van der Waals surface area (Å²) < 4.78 is 24.1. The molecular weight excluding hydrogens is 299 g/mol. The highest BCUT2D eigenvalue weighted by Gasteiger charge is 2.10. The van der Waals surface area contributed by atoms with Crippen molar-refractivity contribution in [3.05, 3.63) is 59.4 Å². The molecule has 2 aromatic rings. The van der Waals surface area contributed by atoms with Crippen molar-refractivity contribution in [2.45, 2.75) is 6.10 Å². The quantitative estimate of drug-likeness (QED) is 0.885. The van der Waals surface area contributed by atoms with Crippen LogP contribution in [0.3, 0.4) is 0 Å². The number of aliphatic hydroxyl groups excluding tert-OH is 1. The van der Waals surface area contributed by atoms with Gasteiger partial charge in [-0.3, -0.25) is 0 Å². The van der Waals surface area contributed by atoms with E-state index in [1.165, 1.54) is 12.1 Å². The van der Waals surface area contributed by atoms with E-state index in [-0.39, 0.29) is 24.5 Å². The zero-order valence-electron chi connectivity index (χ0n) is 12.1. The van der Waals surface area contributed by atoms with Crippen LogP contribution in [0.15, 0.2) is 42.5 Å². The molecule has 0 saturated heterocycles. The van der Waals surface area contributed by atoms with Crippen LogP contribution in [0.4, 0.5) is 4.39 Å². The highest BCUT2D eigenvalue weighted by Crippen LogP contribution is 2.18. The van der Waals surface area contributed by atoms with Crippen LogP contribution in [-0.4, -0.2) is 24.4 Å². The minimum absolute atomic E-state index is 0.0379. The fourth-order valence-corrected chi connectivity index (χ4v) is 1.74. The maximum Gasteiger partial charge on any atom is 0.166 e. The Morgan fingerprint density at radius 3 is 2.17 bits per heavy atom. The van der Waals surface area contributed by atoms with E-state index in [0.29, 0.717) is 11.3 Å². The van der Waals surface area contributed by atoms with Crippen molar-refractivity contribution in [1.29, 1.82) is 10.5 Å². The van der Waals surface area contributed by atoms with E-state index in [4.69, 9.17) is 20.0 Å². The van der Waals surface area contributed by atoms with Crippen molar-refractivity contribution in [3.63, 3.8) is 0 Å². The molecule has 0 aromatic heterocycles. The van der Waals surface area contributed by atoms with E-state index in [9.17, 15) is 9.50 Å². The molecule has 2 aromatic carbocycles. The van der Waals surface area contributed by atoms with Crippen LogP contribution >= 0.6 is 0 Å². The minimum atomic E-state index is -0.958. The number of nitriles is 2. The second-order valence-electron chi connectivity index (χ2n) is 4.67. The lowest BCUT2D eigenvalue weighted by atomic mass is 10.2. The molecule has 0 aliphatic carbocycles. The fraction of sp³-hybridized carbons (Fsp3) is 0.176. The molecule has 5 nitrogen and oxygen atoms in total. The summed E-state index contributed by atoms with van der Waals surface area (Å²) >= 11 is 0. The molecule has 0 saturated carbocycles. The Morgan fingerprint density at radius 1 is 0.957 bits per heavy atom. The lowest BCUT2D eigenvalue weighted by Crippen LogP contribution is -2.25. The van der Waals surface area contributed by atoms with E-state index in [1.807, 2.05) is 12.1 Å². The van der Waals surface area contributed by atoms with Crippen molar-refractivity contribution < 1.29 is 19.0 Å². The maximum atomic E-state index is 13.6. The Bertz CT molecular complexity index is 748. The summed E-state index contributed by atoms with van der Waals surface area (Å²) in [4.78, 5) is 0. The monoisotopic (exact) mass is 312 g/mol. The molecule has 1 atom stereocenters. The minimum Gasteiger partial charge on any atom is -0.491 e. The van der Waals surface area contributed by atoms with Crippen molar-refractivity contribution in [3.8, 4) is 23.6 Å². The van der Waals surface area contributed by atoms with Gasteiger partial charge < -0.3 is 14.6 Å². The topological polar surface area (TPSA) is 86.3 Å². The maximum absolute atomic E-state index is 13.6. The predicted octanol–water partition coefficient (Wildman–Crippen LogP) is 2.39. The molecule has 0 unspecified atom stereocenters. The van der Waals surface area contributed by atoms with E-state index in [0.717, 1.165) is 6.07 Å². The van der Waals surface area contributed by atoms with Gasteiger partial charge in [0.2, 0.25) is 0 Å². The van der Waals surface area contributed by atoms with Gasteiger partial charge in [0.25, 0.3) is 0 Å². The third-order valence-electron chi connectivity index (χ3n) is 2.92. The van der Waals surface area contributed by atoms with Gasteiger partial charge in [-0.25, -0.2) is 4.39 Å². The van der Waals surface area contributed by atoms with Gasteiger partial charge in [-0.1, -0.05) is 0 Å². The van der Waals surface area contributed by atoms with Gasteiger partial charge in [-0.15, -0.1) is 0 Å². The van der Waals surface area contributed by atoms with Crippen LogP contribution in [0.2, 0.25) is 0 Å². The lowest BCUT2D eigenvalue weighted by molar-refractivity contribution is 0.0612. The first-order chi connectivity index (χ1) is 11.1. The van der Waals surface area contributed by atoms with Gasteiger partial charge in [0.05, 0.1) is 23.3 Å². The van der Waals surface area contributed by atoms with Gasteiger partial charge in [0.1, 0.15) is 25.1 Å². The Hall–Kier alpha value is -3.09. The standard InChI is InChI=1S/C17H13FN2O3/c18-16-7-13(9-20)3-6-17(16)23-11-14(21)10-22-15-4-1-12(8-19)2-5-15/h1-7,14,21H,10-11H2/t14-/m1/s1. The van der Waals surface area contributed by atoms with E-state index < -0.39 is 11.9 Å². The van der Waals surface area contributed by atoms with Crippen molar-refractivity contribution in [2.75, 3.05) is 13.2 Å². The van der Waals surface area contributed by atoms with Crippen LogP contribution in [0.5, 0.6) is 11.5 Å². The Kier molecular flexibility index (Phi) is 5.51. The van der Waals surface area contributed by atoms with Crippen molar-refractivity contribution in [1.82, 2.24) is 0 Å². The van der Waals surface area contributed by atoms with Gasteiger partial charge in [-0.2, -0.15) is 10.5 Å². The number of aliphatic hydroxyl groups is 1. The third-order valence-corrected chi connectivity index (χ3v) is 2.92. The molecule has 0 amide bonds. The SMILES string of the molecule is N#Cc1ccc(OC[C@@H](O)COc2ccc(C#N)cc2F)cc1. The fourth-order valence-electron chi connectivity index (χ4n) is 1.74. The molecule has 2 rings (SSSR count). The summed E-state index contributed by atoms with van der Waals surface area (Å²) in [6.07, 6.45) is -0.958. The highest BCUT2D eigenvalue weighted by molar-refractivity contribution is 5.36. The number of nitrogens with zero attached hydrogens (tertiary/aromatic N) is 2. The third kappa shape index (κ3) is 4.70. The van der Waals surface area contributed by atoms with Gasteiger partial charge in [0, 0.05) is 0 Å². The average molecular weight is 312 g/mol. The first kappa shape index (κ1) is 16.3. The van der Waals surface area contributed by atoms with Crippen LogP contribution in [0, 0.1) is 28.5 Å². The highest BCUT2D eigenvalue weighted by atomic mass is 19.1. The molecule has 1 N–H and O–H groups in total. The summed E-state index contributed by atoms with van der Waals surface area (Å²) in [6.45, 7) is -0.192. The molecule has 0 bridgehead atoms. The second kappa shape index (κ2) is 7.79. The number of halogens is 1. The average Bonchev–Trinajstić information content (AvgIpc) is 2.59. The zero-order chi connectivity index (χ0) is 16.7. The van der Waals surface area contributed by atoms with Gasteiger partial charge in [0.15, 0.2) is 11.6 Å². The molecule has 0 fully saturated rings. The number of rotatable bonds is 6. The van der Waals surface area contributed by atoms with E-state index in [1.54, 1.807) is 24.3 Å². The van der Waals surface area contributed by atoms with Gasteiger partial charge in [-0.05, 0) is 42.5 Å². The van der Waals surface area contributed by atoms with Crippen LogP contribution in [-0.2, 0) is 0 Å². The molecule has 116 valence electrons. The summed E-state index contributed by atoms with van der Waals surface area (Å²) in [5.74, 6) is -0.196. The summed E-state index contributed by atoms with van der Waals surface area (Å²) in [5.41, 5.74) is 0.706. The first-order valence-electron chi connectivity index (χ1n) is 6.76. The molecule has 0 radical (unpaired) electrons. The Morgan fingerprint density at radius 2 is 1.57 bits per heavy atom. The number of hydrogen-bond acceptors (Lipinski definition) is 5. The summed E-state index contributed by atoms with van der Waals surface area (Å²) in [7, 11) is 0. The molecule has 0 aliphatic heterocycles. The number of hydrogen-bond donors (Lipinski definition) is 1. The number of ether oxygens (including phenoxy) is 2. The normalized spacial score (nSPS) is 11.1. The largest absolute Gasteiger partial charge is 0.491 e. The second-order valence-corrected chi connectivity index (χ2v) is 4.67. The summed E-state index contributed by atoms with van der Waals surface area (Å²) in [6, 6.07) is 14.1. The number of benzene rings is 2. The predicted molar refractivity (Wildman–Crippen MR) is 79.3 cm³/mol. The molecule has 0 spiro atoms. The lowest BCUT2D eigenvalue weighted by Gasteiger charge is -2.14. The molecule has 6 heteroatoms. The Labute approximate surface area is 132 Å². The summed E-state index contributed by atoms with van der Waals surface area (Å²) in [5, 5.41) is 27.1. The van der Waals surface area contributed by atoms with Gasteiger partial charge >= 0.3 is 0 Å².